The van der Waals surface area contributed by atoms with Crippen LogP contribution in [0.4, 0.5) is 0 Å². The van der Waals surface area contributed by atoms with Crippen LogP contribution in [-0.2, 0) is 0 Å². The van der Waals surface area contributed by atoms with Crippen LogP contribution in [0.15, 0.2) is 58.2 Å². The molecule has 6 nitrogen and oxygen atoms in total. The molecule has 0 aliphatic carbocycles. The van der Waals surface area contributed by atoms with Crippen molar-refractivity contribution in [2.75, 3.05) is 26.7 Å². The van der Waals surface area contributed by atoms with Crippen molar-refractivity contribution < 1.29 is 9.15 Å². The van der Waals surface area contributed by atoms with E-state index in [9.17, 15) is 4.79 Å². The molecule has 1 unspecified atom stereocenters. The summed E-state index contributed by atoms with van der Waals surface area (Å²) in [4.78, 5) is 22.8. The van der Waals surface area contributed by atoms with Crippen LogP contribution in [0.25, 0.3) is 33.5 Å². The van der Waals surface area contributed by atoms with Crippen molar-refractivity contribution in [1.29, 1.82) is 0 Å². The molecule has 1 atom stereocenters. The third kappa shape index (κ3) is 4.44. The zero-order valence-electron chi connectivity index (χ0n) is 19.4. The van der Waals surface area contributed by atoms with Gasteiger partial charge in [0, 0.05) is 40.7 Å². The molecule has 33 heavy (non-hydrogen) atoms. The number of ether oxygens (including phenoxy) is 1. The molecule has 2 aromatic heterocycles. The van der Waals surface area contributed by atoms with Crippen LogP contribution in [-0.4, -0.2) is 41.6 Å². The zero-order valence-corrected chi connectivity index (χ0v) is 19.4. The van der Waals surface area contributed by atoms with Crippen LogP contribution < -0.4 is 10.2 Å². The SMILES string of the molecule is Cc1ccc(-c2cc(=O)c3cc(-c4cnco4)c(C)cc3[nH]2)cc1OCC1CCCN(C)C1. The van der Waals surface area contributed by atoms with Gasteiger partial charge in [0.05, 0.1) is 18.3 Å². The lowest BCUT2D eigenvalue weighted by Gasteiger charge is -2.29. The molecule has 1 N–H and O–H groups in total. The lowest BCUT2D eigenvalue weighted by molar-refractivity contribution is 0.150. The number of fused-ring (bicyclic) bond motifs is 1. The Labute approximate surface area is 193 Å². The van der Waals surface area contributed by atoms with Gasteiger partial charge in [-0.15, -0.1) is 0 Å². The van der Waals surface area contributed by atoms with Gasteiger partial charge in [-0.05, 0) is 69.6 Å². The number of hydrogen-bond donors (Lipinski definition) is 1. The molecule has 1 aliphatic heterocycles. The summed E-state index contributed by atoms with van der Waals surface area (Å²) in [6, 6.07) is 11.6. The van der Waals surface area contributed by atoms with E-state index in [4.69, 9.17) is 9.15 Å². The highest BCUT2D eigenvalue weighted by Crippen LogP contribution is 2.30. The lowest BCUT2D eigenvalue weighted by atomic mass is 9.99. The molecule has 5 rings (SSSR count). The number of likely N-dealkylation sites (tertiary alicyclic amines) is 1. The molecular weight excluding hydrogens is 414 g/mol. The van der Waals surface area contributed by atoms with E-state index in [0.717, 1.165) is 45.8 Å². The van der Waals surface area contributed by atoms with Gasteiger partial charge in [-0.2, -0.15) is 0 Å². The Balaban J connectivity index is 1.45. The Morgan fingerprint density at radius 1 is 1.18 bits per heavy atom. The zero-order chi connectivity index (χ0) is 22.9. The number of piperidine rings is 1. The molecule has 3 heterocycles. The van der Waals surface area contributed by atoms with Crippen LogP contribution in [0, 0.1) is 19.8 Å². The van der Waals surface area contributed by atoms with E-state index in [-0.39, 0.29) is 5.43 Å². The minimum Gasteiger partial charge on any atom is -0.493 e. The molecule has 0 saturated carbocycles. The van der Waals surface area contributed by atoms with Crippen LogP contribution in [0.1, 0.15) is 24.0 Å². The first kappa shape index (κ1) is 21.5. The summed E-state index contributed by atoms with van der Waals surface area (Å²) in [5.41, 5.74) is 5.46. The Morgan fingerprint density at radius 3 is 2.85 bits per heavy atom. The maximum absolute atomic E-state index is 13.0. The predicted molar refractivity (Wildman–Crippen MR) is 131 cm³/mol. The second-order valence-corrected chi connectivity index (χ2v) is 9.19. The fraction of sp³-hybridized carbons (Fsp3) is 0.333. The number of rotatable bonds is 5. The summed E-state index contributed by atoms with van der Waals surface area (Å²) < 4.78 is 11.7. The van der Waals surface area contributed by atoms with E-state index in [1.807, 2.05) is 31.2 Å². The first-order valence-corrected chi connectivity index (χ1v) is 11.5. The fourth-order valence-electron chi connectivity index (χ4n) is 4.71. The van der Waals surface area contributed by atoms with Crippen molar-refractivity contribution >= 4 is 10.9 Å². The average molecular weight is 444 g/mol. The van der Waals surface area contributed by atoms with E-state index in [1.54, 1.807) is 12.3 Å². The Bertz CT molecular complexity index is 1340. The van der Waals surface area contributed by atoms with Crippen LogP contribution in [0.2, 0.25) is 0 Å². The molecule has 6 heteroatoms. The first-order valence-electron chi connectivity index (χ1n) is 11.5. The van der Waals surface area contributed by atoms with Crippen molar-refractivity contribution in [2.45, 2.75) is 26.7 Å². The summed E-state index contributed by atoms with van der Waals surface area (Å²) in [7, 11) is 2.17. The minimum atomic E-state index is -0.0344. The van der Waals surface area contributed by atoms with Crippen LogP contribution >= 0.6 is 0 Å². The number of hydrogen-bond acceptors (Lipinski definition) is 5. The van der Waals surface area contributed by atoms with E-state index >= 15 is 0 Å². The number of H-pyrrole nitrogens is 1. The molecule has 4 aromatic rings. The molecule has 2 aromatic carbocycles. The highest BCUT2D eigenvalue weighted by Gasteiger charge is 2.18. The Morgan fingerprint density at radius 2 is 2.06 bits per heavy atom. The molecule has 0 amide bonds. The van der Waals surface area contributed by atoms with E-state index in [1.165, 1.54) is 25.8 Å². The number of pyridine rings is 1. The molecule has 0 bridgehead atoms. The number of oxazole rings is 1. The maximum Gasteiger partial charge on any atom is 0.190 e. The molecular formula is C27H29N3O3. The highest BCUT2D eigenvalue weighted by atomic mass is 16.5. The normalized spacial score (nSPS) is 16.9. The third-order valence-electron chi connectivity index (χ3n) is 6.57. The summed E-state index contributed by atoms with van der Waals surface area (Å²) in [5.74, 6) is 2.08. The topological polar surface area (TPSA) is 71.4 Å². The van der Waals surface area contributed by atoms with Crippen molar-refractivity contribution in [2.24, 2.45) is 5.92 Å². The average Bonchev–Trinajstić information content (AvgIpc) is 3.33. The molecule has 1 aliphatic rings. The number of aryl methyl sites for hydroxylation is 2. The Hall–Kier alpha value is -3.38. The van der Waals surface area contributed by atoms with Gasteiger partial charge in [0.25, 0.3) is 0 Å². The number of aromatic amines is 1. The maximum atomic E-state index is 13.0. The van der Waals surface area contributed by atoms with Gasteiger partial charge in [0.15, 0.2) is 17.6 Å². The van der Waals surface area contributed by atoms with Gasteiger partial charge < -0.3 is 19.0 Å². The standard InChI is InChI=1S/C27H29N3O3/c1-17-6-7-20(10-26(17)32-15-19-5-4-8-30(3)14-19)23-12-25(31)22-11-21(27-13-28-16-33-27)18(2)9-24(22)29-23/h6-7,9-13,16,19H,4-5,8,14-15H2,1-3H3,(H,29,31). The second kappa shape index (κ2) is 8.87. The van der Waals surface area contributed by atoms with Gasteiger partial charge in [-0.1, -0.05) is 12.1 Å². The summed E-state index contributed by atoms with van der Waals surface area (Å²) in [6.07, 6.45) is 5.49. The van der Waals surface area contributed by atoms with E-state index < -0.39 is 0 Å². The first-order chi connectivity index (χ1) is 16.0. The highest BCUT2D eigenvalue weighted by molar-refractivity contribution is 5.87. The lowest BCUT2D eigenvalue weighted by Crippen LogP contribution is -2.34. The summed E-state index contributed by atoms with van der Waals surface area (Å²) in [6.45, 7) is 7.02. The second-order valence-electron chi connectivity index (χ2n) is 9.19. The summed E-state index contributed by atoms with van der Waals surface area (Å²) in [5, 5.41) is 0.626. The van der Waals surface area contributed by atoms with Crippen molar-refractivity contribution in [3.8, 4) is 28.3 Å². The van der Waals surface area contributed by atoms with Crippen molar-refractivity contribution in [1.82, 2.24) is 14.9 Å². The van der Waals surface area contributed by atoms with Gasteiger partial charge in [0.1, 0.15) is 5.75 Å². The van der Waals surface area contributed by atoms with E-state index in [2.05, 4.69) is 34.9 Å². The molecule has 0 spiro atoms. The van der Waals surface area contributed by atoms with Gasteiger partial charge >= 0.3 is 0 Å². The van der Waals surface area contributed by atoms with E-state index in [0.29, 0.717) is 23.7 Å². The quantitative estimate of drug-likeness (QED) is 0.460. The monoisotopic (exact) mass is 443 g/mol. The Kier molecular flexibility index (Phi) is 5.77. The minimum absolute atomic E-state index is 0.0344. The number of nitrogens with one attached hydrogen (secondary N) is 1. The largest absolute Gasteiger partial charge is 0.493 e. The van der Waals surface area contributed by atoms with Crippen molar-refractivity contribution in [3.05, 3.63) is 70.3 Å². The molecule has 0 radical (unpaired) electrons. The third-order valence-corrected chi connectivity index (χ3v) is 6.57. The van der Waals surface area contributed by atoms with Crippen LogP contribution in [0.3, 0.4) is 0 Å². The molecule has 1 saturated heterocycles. The summed E-state index contributed by atoms with van der Waals surface area (Å²) >= 11 is 0. The smallest absolute Gasteiger partial charge is 0.190 e. The molecule has 170 valence electrons. The predicted octanol–water partition coefficient (Wildman–Crippen LogP) is 5.19. The van der Waals surface area contributed by atoms with Crippen molar-refractivity contribution in [3.63, 3.8) is 0 Å². The number of nitrogens with zero attached hydrogens (tertiary/aromatic N) is 2. The number of benzene rings is 2. The number of aromatic nitrogens is 2. The van der Waals surface area contributed by atoms with Gasteiger partial charge in [-0.3, -0.25) is 4.79 Å². The van der Waals surface area contributed by atoms with Gasteiger partial charge in [0.2, 0.25) is 0 Å². The van der Waals surface area contributed by atoms with Gasteiger partial charge in [-0.25, -0.2) is 4.98 Å². The fourth-order valence-corrected chi connectivity index (χ4v) is 4.71. The van der Waals surface area contributed by atoms with Crippen LogP contribution in [0.5, 0.6) is 5.75 Å². The molecule has 1 fully saturated rings.